The van der Waals surface area contributed by atoms with Crippen molar-refractivity contribution >= 4 is 34.0 Å². The number of likely N-dealkylation sites (tertiary alicyclic amines) is 1. The quantitative estimate of drug-likeness (QED) is 0.677. The van der Waals surface area contributed by atoms with Gasteiger partial charge in [-0.3, -0.25) is 4.90 Å². The smallest absolute Gasteiger partial charge is 0.165 e. The first-order valence-corrected chi connectivity index (χ1v) is 9.36. The first kappa shape index (κ1) is 18.9. The van der Waals surface area contributed by atoms with Gasteiger partial charge in [0.2, 0.25) is 0 Å². The summed E-state index contributed by atoms with van der Waals surface area (Å²) in [5.41, 5.74) is 1.88. The van der Waals surface area contributed by atoms with Crippen LogP contribution in [0, 0.1) is 5.82 Å². The molecule has 1 unspecified atom stereocenters. The molecular weight excluding hydrogens is 383 g/mol. The van der Waals surface area contributed by atoms with Crippen LogP contribution in [-0.2, 0) is 6.54 Å². The van der Waals surface area contributed by atoms with E-state index >= 15 is 0 Å². The van der Waals surface area contributed by atoms with E-state index < -0.39 is 5.82 Å². The summed E-state index contributed by atoms with van der Waals surface area (Å²) in [5.74, 6) is 0.666. The van der Waals surface area contributed by atoms with Crippen LogP contribution >= 0.6 is 11.6 Å². The maximum absolute atomic E-state index is 14.3. The number of aliphatic hydroxyl groups is 1. The summed E-state index contributed by atoms with van der Waals surface area (Å²) in [4.78, 5) is 10.8. The Morgan fingerprint density at radius 2 is 2.21 bits per heavy atom. The zero-order chi connectivity index (χ0) is 19.7. The van der Waals surface area contributed by atoms with Gasteiger partial charge < -0.3 is 15.2 Å². The molecule has 1 aromatic heterocycles. The Balaban J connectivity index is 1.73. The van der Waals surface area contributed by atoms with E-state index in [1.165, 1.54) is 12.4 Å². The van der Waals surface area contributed by atoms with Crippen molar-refractivity contribution in [2.24, 2.45) is 0 Å². The molecule has 1 aliphatic heterocycles. The number of fused-ring (bicyclic) bond motifs is 1. The monoisotopic (exact) mass is 402 g/mol. The van der Waals surface area contributed by atoms with E-state index in [4.69, 9.17) is 16.3 Å². The van der Waals surface area contributed by atoms with Crippen LogP contribution in [-0.4, -0.2) is 46.3 Å². The highest BCUT2D eigenvalue weighted by Crippen LogP contribution is 2.32. The number of benzene rings is 2. The number of methoxy groups -OCH3 is 1. The fourth-order valence-corrected chi connectivity index (χ4v) is 3.64. The number of aliphatic hydroxyl groups excluding tert-OH is 1. The van der Waals surface area contributed by atoms with E-state index in [9.17, 15) is 9.50 Å². The van der Waals surface area contributed by atoms with E-state index in [1.807, 2.05) is 12.1 Å². The molecule has 6 nitrogen and oxygen atoms in total. The molecule has 2 N–H and O–H groups in total. The van der Waals surface area contributed by atoms with E-state index in [1.54, 1.807) is 19.2 Å². The van der Waals surface area contributed by atoms with Crippen LogP contribution in [0.5, 0.6) is 5.75 Å². The highest BCUT2D eigenvalue weighted by atomic mass is 35.5. The molecule has 0 spiro atoms. The Morgan fingerprint density at radius 3 is 2.96 bits per heavy atom. The molecular formula is C20H20ClFN4O2. The topological polar surface area (TPSA) is 70.5 Å². The minimum absolute atomic E-state index is 0.0401. The molecule has 2 aromatic carbocycles. The molecule has 2 heterocycles. The molecule has 0 radical (unpaired) electrons. The summed E-state index contributed by atoms with van der Waals surface area (Å²) < 4.78 is 19.8. The van der Waals surface area contributed by atoms with Crippen LogP contribution in [0.15, 0.2) is 36.7 Å². The molecule has 3 aromatic rings. The standard InChI is InChI=1S/C20H20ClFN4O2/c1-28-18-8-17-14(7-12(18)9-26-6-5-13(27)10-26)20(24-11-23-17)25-16-4-2-3-15(21)19(16)22/h2-4,7-8,11,13,27H,5-6,9-10H2,1H3,(H,23,24,25). The molecule has 0 amide bonds. The molecule has 0 saturated carbocycles. The molecule has 0 aliphatic carbocycles. The van der Waals surface area contributed by atoms with Gasteiger partial charge in [0, 0.05) is 36.7 Å². The zero-order valence-electron chi connectivity index (χ0n) is 15.3. The highest BCUT2D eigenvalue weighted by Gasteiger charge is 2.22. The number of anilines is 2. The first-order valence-electron chi connectivity index (χ1n) is 8.98. The summed E-state index contributed by atoms with van der Waals surface area (Å²) in [6, 6.07) is 8.56. The average Bonchev–Trinajstić information content (AvgIpc) is 3.10. The van der Waals surface area contributed by atoms with Gasteiger partial charge in [-0.25, -0.2) is 14.4 Å². The van der Waals surface area contributed by atoms with Crippen LogP contribution in [0.2, 0.25) is 5.02 Å². The second-order valence-corrected chi connectivity index (χ2v) is 7.21. The van der Waals surface area contributed by atoms with Crippen LogP contribution in [0.3, 0.4) is 0 Å². The largest absolute Gasteiger partial charge is 0.496 e. The van der Waals surface area contributed by atoms with Crippen molar-refractivity contribution in [2.75, 3.05) is 25.5 Å². The number of nitrogens with one attached hydrogen (secondary N) is 1. The number of rotatable bonds is 5. The lowest BCUT2D eigenvalue weighted by Crippen LogP contribution is -2.21. The van der Waals surface area contributed by atoms with E-state index in [2.05, 4.69) is 20.2 Å². The van der Waals surface area contributed by atoms with Gasteiger partial charge in [0.1, 0.15) is 17.9 Å². The maximum Gasteiger partial charge on any atom is 0.165 e. The number of aromatic nitrogens is 2. The summed E-state index contributed by atoms with van der Waals surface area (Å²) in [5, 5.41) is 13.6. The number of halogens is 2. The number of nitrogens with zero attached hydrogens (tertiary/aromatic N) is 3. The van der Waals surface area contributed by atoms with Crippen molar-refractivity contribution in [2.45, 2.75) is 19.1 Å². The van der Waals surface area contributed by atoms with Crippen LogP contribution in [0.4, 0.5) is 15.9 Å². The first-order chi connectivity index (χ1) is 13.5. The van der Waals surface area contributed by atoms with Gasteiger partial charge in [-0.15, -0.1) is 0 Å². The average molecular weight is 403 g/mol. The minimum Gasteiger partial charge on any atom is -0.496 e. The third-order valence-corrected chi connectivity index (χ3v) is 5.18. The third-order valence-electron chi connectivity index (χ3n) is 4.88. The predicted octanol–water partition coefficient (Wildman–Crippen LogP) is 3.74. The fourth-order valence-electron chi connectivity index (χ4n) is 3.47. The predicted molar refractivity (Wildman–Crippen MR) is 107 cm³/mol. The lowest BCUT2D eigenvalue weighted by atomic mass is 10.1. The Kier molecular flexibility index (Phi) is 5.30. The van der Waals surface area contributed by atoms with Gasteiger partial charge in [0.25, 0.3) is 0 Å². The summed E-state index contributed by atoms with van der Waals surface area (Å²) in [6.45, 7) is 2.09. The Labute approximate surface area is 166 Å². The highest BCUT2D eigenvalue weighted by molar-refractivity contribution is 6.31. The van der Waals surface area contributed by atoms with Crippen molar-refractivity contribution in [1.29, 1.82) is 0 Å². The van der Waals surface area contributed by atoms with Crippen molar-refractivity contribution in [3.63, 3.8) is 0 Å². The second kappa shape index (κ2) is 7.87. The van der Waals surface area contributed by atoms with E-state index in [-0.39, 0.29) is 16.8 Å². The zero-order valence-corrected chi connectivity index (χ0v) is 16.1. The number of ether oxygens (including phenoxy) is 1. The number of hydrogen-bond acceptors (Lipinski definition) is 6. The Bertz CT molecular complexity index is 1020. The van der Waals surface area contributed by atoms with Crippen molar-refractivity contribution in [3.8, 4) is 5.75 Å². The lowest BCUT2D eigenvalue weighted by molar-refractivity contribution is 0.174. The van der Waals surface area contributed by atoms with E-state index in [0.29, 0.717) is 30.2 Å². The van der Waals surface area contributed by atoms with E-state index in [0.717, 1.165) is 23.9 Å². The Hall–Kier alpha value is -2.48. The molecule has 8 heteroatoms. The SMILES string of the molecule is COc1cc2ncnc(Nc3cccc(Cl)c3F)c2cc1CN1CCC(O)C1. The second-order valence-electron chi connectivity index (χ2n) is 6.81. The normalized spacial score (nSPS) is 17.2. The molecule has 1 aliphatic rings. The minimum atomic E-state index is -0.532. The summed E-state index contributed by atoms with van der Waals surface area (Å²) in [6.07, 6.45) is 1.89. The number of β-amino-alcohol motifs (C(OH)–C–C–N with tert-alkyl or cyclic N) is 1. The van der Waals surface area contributed by atoms with Gasteiger partial charge >= 0.3 is 0 Å². The molecule has 1 fully saturated rings. The fraction of sp³-hybridized carbons (Fsp3) is 0.300. The summed E-state index contributed by atoms with van der Waals surface area (Å²) in [7, 11) is 1.62. The van der Waals surface area contributed by atoms with Gasteiger partial charge in [-0.1, -0.05) is 17.7 Å². The van der Waals surface area contributed by atoms with Crippen molar-refractivity contribution < 1.29 is 14.2 Å². The van der Waals surface area contributed by atoms with Crippen molar-refractivity contribution in [3.05, 3.63) is 53.1 Å². The number of hydrogen-bond donors (Lipinski definition) is 2. The van der Waals surface area contributed by atoms with Gasteiger partial charge in [0.05, 0.1) is 29.4 Å². The summed E-state index contributed by atoms with van der Waals surface area (Å²) >= 11 is 5.88. The molecule has 1 atom stereocenters. The molecule has 28 heavy (non-hydrogen) atoms. The van der Waals surface area contributed by atoms with Crippen LogP contribution in [0.1, 0.15) is 12.0 Å². The van der Waals surface area contributed by atoms with Gasteiger partial charge in [-0.05, 0) is 24.6 Å². The molecule has 1 saturated heterocycles. The van der Waals surface area contributed by atoms with Crippen LogP contribution < -0.4 is 10.1 Å². The van der Waals surface area contributed by atoms with Crippen molar-refractivity contribution in [1.82, 2.24) is 14.9 Å². The van der Waals surface area contributed by atoms with Gasteiger partial charge in [0.15, 0.2) is 5.82 Å². The van der Waals surface area contributed by atoms with Gasteiger partial charge in [-0.2, -0.15) is 0 Å². The third kappa shape index (κ3) is 3.73. The molecule has 0 bridgehead atoms. The Morgan fingerprint density at radius 1 is 1.36 bits per heavy atom. The maximum atomic E-state index is 14.3. The lowest BCUT2D eigenvalue weighted by Gasteiger charge is -2.18. The molecule has 146 valence electrons. The molecule has 4 rings (SSSR count). The van der Waals surface area contributed by atoms with Crippen LogP contribution in [0.25, 0.3) is 10.9 Å².